The minimum atomic E-state index is -0.722. The third kappa shape index (κ3) is 53.2. The largest absolute Gasteiger partial charge is 0.481 e. The molecule has 3 unspecified atom stereocenters. The van der Waals surface area contributed by atoms with E-state index in [0.717, 1.165) is 76.2 Å². The van der Waals surface area contributed by atoms with Gasteiger partial charge < -0.3 is 49.2 Å². The molecule has 0 aliphatic heterocycles. The van der Waals surface area contributed by atoms with Crippen LogP contribution in [0.25, 0.3) is 0 Å². The van der Waals surface area contributed by atoms with Gasteiger partial charge in [0.15, 0.2) is 0 Å². The first-order valence-electron chi connectivity index (χ1n) is 37.4. The quantitative estimate of drug-likeness (QED) is 0.0211. The average Bonchev–Trinajstić information content (AvgIpc) is 0.808. The van der Waals surface area contributed by atoms with Crippen molar-refractivity contribution in [2.24, 2.45) is 44.8 Å². The fourth-order valence-corrected chi connectivity index (χ4v) is 6.39. The zero-order chi connectivity index (χ0) is 80.4. The molecule has 18 nitrogen and oxygen atoms in total. The summed E-state index contributed by atoms with van der Waals surface area (Å²) in [5.74, 6) is -2.90. The zero-order valence-corrected chi connectivity index (χ0v) is 68.6. The molecule has 3 atom stereocenters. The Kier molecular flexibility index (Phi) is 63.3. The monoisotopic (exact) mass is 1440 g/mol. The summed E-state index contributed by atoms with van der Waals surface area (Å²) in [7, 11) is 0. The fourth-order valence-electron chi connectivity index (χ4n) is 6.39. The van der Waals surface area contributed by atoms with Crippen molar-refractivity contribution in [3.05, 3.63) is 107 Å². The smallest absolute Gasteiger partial charge is 0.311 e. The number of esters is 5. The lowest BCUT2D eigenvalue weighted by Crippen LogP contribution is -2.26. The Morgan fingerprint density at radius 2 is 0.686 bits per heavy atom. The molecule has 3 aromatic rings. The Labute approximate surface area is 619 Å². The van der Waals surface area contributed by atoms with Gasteiger partial charge in [-0.25, -0.2) is 0 Å². The summed E-state index contributed by atoms with van der Waals surface area (Å²) in [5, 5.41) is 41.9. The van der Waals surface area contributed by atoms with Gasteiger partial charge in [-0.05, 0) is 175 Å². The number of aliphatic hydroxyl groups is 2. The molecule has 0 aliphatic rings. The molecule has 0 aliphatic carbocycles. The lowest BCUT2D eigenvalue weighted by Gasteiger charge is -2.26. The van der Waals surface area contributed by atoms with E-state index in [9.17, 15) is 38.4 Å². The van der Waals surface area contributed by atoms with Crippen molar-refractivity contribution >= 4 is 47.8 Å². The van der Waals surface area contributed by atoms with Crippen LogP contribution in [-0.4, -0.2) is 113 Å². The van der Waals surface area contributed by atoms with Gasteiger partial charge >= 0.3 is 47.8 Å². The standard InChI is InChI=1S/C18H22.C13H18O2.C10H20O2.C9H18O3.C9H18O2.C8H16O3.2C6H12O2.C5H10O2/c1-4-8-15-11-13-17(14-12-15)18(2,3)16-9-6-5-7-10-16;1-4-13(2,3)12(14)15-10-11-8-6-5-7-9-11;1-5-7-8-12-9(11)10(3,4)6-2;1-3-8(2)9(11)12-7-5-4-6-10;1-4-6-7-11-9(10)8(3)5-2;1-4-8(2,3)7(10)11-6-5-9;2*1-4-6(2,3)5(7)8;1-3-4(2)5(6)7/h5-7,9-14H,4,8H2,1-3H3;5-9H,4,10H2,1-3H3;5-8H2,1-4H3;8,10H,3-7H2,1-2H3;8H,4-7H2,1-3H3;9H,4-6H2,1-3H3;2*4H2,1-3H3,(H,7,8);4H,3H2,1-2H3,(H,6,7). The lowest BCUT2D eigenvalue weighted by atomic mass is 9.78. The van der Waals surface area contributed by atoms with Crippen LogP contribution in [0.3, 0.4) is 0 Å². The number of ether oxygens (including phenoxy) is 5. The average molecular weight is 1440 g/mol. The van der Waals surface area contributed by atoms with E-state index in [2.05, 4.69) is 89.2 Å². The van der Waals surface area contributed by atoms with Crippen LogP contribution in [0, 0.1) is 44.8 Å². The maximum absolute atomic E-state index is 11.6. The molecule has 0 saturated carbocycles. The summed E-state index contributed by atoms with van der Waals surface area (Å²) in [6, 6.07) is 29.5. The van der Waals surface area contributed by atoms with Gasteiger partial charge in [0.1, 0.15) is 13.2 Å². The molecule has 0 amide bonds. The molecule has 3 rings (SSSR count). The number of aliphatic carboxylic acids is 3. The molecule has 0 spiro atoms. The Balaban J connectivity index is -0.000000258. The van der Waals surface area contributed by atoms with Crippen LogP contribution in [0.5, 0.6) is 0 Å². The Morgan fingerprint density at radius 3 is 0.980 bits per heavy atom. The van der Waals surface area contributed by atoms with Crippen molar-refractivity contribution in [3.8, 4) is 0 Å². The molecule has 590 valence electrons. The lowest BCUT2D eigenvalue weighted by molar-refractivity contribution is -0.156. The Hall–Kier alpha value is -6.66. The molecular formula is C84H146O18. The van der Waals surface area contributed by atoms with E-state index >= 15 is 0 Å². The molecular weight excluding hydrogens is 1300 g/mol. The maximum atomic E-state index is 11.6. The minimum absolute atomic E-state index is 0.000809. The van der Waals surface area contributed by atoms with Crippen molar-refractivity contribution in [1.82, 2.24) is 0 Å². The molecule has 18 heteroatoms. The zero-order valence-electron chi connectivity index (χ0n) is 68.6. The number of carbonyl (C=O) groups is 8. The summed E-state index contributed by atoms with van der Waals surface area (Å²) in [6.07, 6.45) is 14.1. The first kappa shape index (κ1) is 106. The highest BCUT2D eigenvalue weighted by Gasteiger charge is 2.30. The highest BCUT2D eigenvalue weighted by atomic mass is 16.6. The molecule has 0 saturated heterocycles. The van der Waals surface area contributed by atoms with Gasteiger partial charge in [0.25, 0.3) is 0 Å². The van der Waals surface area contributed by atoms with Crippen LogP contribution >= 0.6 is 0 Å². The van der Waals surface area contributed by atoms with Crippen molar-refractivity contribution < 1.29 is 87.6 Å². The first-order valence-corrected chi connectivity index (χ1v) is 37.4. The molecule has 3 aromatic carbocycles. The van der Waals surface area contributed by atoms with Crippen molar-refractivity contribution in [2.75, 3.05) is 39.6 Å². The van der Waals surface area contributed by atoms with Crippen LogP contribution in [0.1, 0.15) is 299 Å². The Morgan fingerprint density at radius 1 is 0.353 bits per heavy atom. The predicted octanol–water partition coefficient (Wildman–Crippen LogP) is 19.7. The highest BCUT2D eigenvalue weighted by Crippen LogP contribution is 2.32. The maximum Gasteiger partial charge on any atom is 0.311 e. The van der Waals surface area contributed by atoms with Crippen LogP contribution in [0.4, 0.5) is 0 Å². The van der Waals surface area contributed by atoms with E-state index in [4.69, 9.17) is 49.2 Å². The molecule has 102 heavy (non-hydrogen) atoms. The first-order chi connectivity index (χ1) is 47.4. The molecule has 0 bridgehead atoms. The third-order valence-corrected chi connectivity index (χ3v) is 17.8. The van der Waals surface area contributed by atoms with Crippen molar-refractivity contribution in [3.63, 3.8) is 0 Å². The number of carboxylic acids is 3. The van der Waals surface area contributed by atoms with E-state index in [0.29, 0.717) is 45.7 Å². The normalized spacial score (nSPS) is 11.8. The number of rotatable bonds is 34. The SMILES string of the molecule is CCC(C)(C)C(=O)O.CCC(C)(C)C(=O)O.CCC(C)(C)C(=O)OCCO.CCC(C)(C)C(=O)OCc1ccccc1.CCC(C)C(=O)O.CCC(C)C(=O)OCCCCO.CCCCOC(=O)C(C)(C)CC.CCCCOC(=O)C(C)CC.CCCc1ccc(C(C)(C)c2ccccc2)cc1. The van der Waals surface area contributed by atoms with Gasteiger partial charge in [-0.1, -0.05) is 215 Å². The Bertz CT molecular complexity index is 2600. The second-order valence-electron chi connectivity index (χ2n) is 29.0. The number of carbonyl (C=O) groups excluding carboxylic acids is 5. The second-order valence-corrected chi connectivity index (χ2v) is 29.0. The number of aliphatic hydroxyl groups excluding tert-OH is 2. The van der Waals surface area contributed by atoms with E-state index in [-0.39, 0.29) is 83.7 Å². The van der Waals surface area contributed by atoms with E-state index in [1.54, 1.807) is 34.6 Å². The number of benzene rings is 3. The van der Waals surface area contributed by atoms with E-state index in [1.165, 1.54) is 29.5 Å². The number of unbranched alkanes of at least 4 members (excludes halogenated alkanes) is 3. The molecule has 0 fully saturated rings. The number of carboxylic acid groups (broad SMARTS) is 3. The number of hydrogen-bond donors (Lipinski definition) is 5. The van der Waals surface area contributed by atoms with Gasteiger partial charge in [0.2, 0.25) is 0 Å². The van der Waals surface area contributed by atoms with E-state index in [1.807, 2.05) is 141 Å². The summed E-state index contributed by atoms with van der Waals surface area (Å²) in [4.78, 5) is 86.6. The molecule has 5 N–H and O–H groups in total. The summed E-state index contributed by atoms with van der Waals surface area (Å²) in [6.45, 7) is 52.2. The minimum Gasteiger partial charge on any atom is -0.481 e. The van der Waals surface area contributed by atoms with E-state index < -0.39 is 34.2 Å². The molecule has 0 aromatic heterocycles. The van der Waals surface area contributed by atoms with Crippen LogP contribution < -0.4 is 0 Å². The number of hydrogen-bond acceptors (Lipinski definition) is 15. The van der Waals surface area contributed by atoms with Gasteiger partial charge in [-0.15, -0.1) is 0 Å². The molecule has 0 radical (unpaired) electrons. The van der Waals surface area contributed by atoms with Crippen LogP contribution in [-0.2, 0) is 80.5 Å². The van der Waals surface area contributed by atoms with Gasteiger partial charge in [-0.2, -0.15) is 0 Å². The summed E-state index contributed by atoms with van der Waals surface area (Å²) < 4.78 is 25.0. The van der Waals surface area contributed by atoms with Crippen molar-refractivity contribution in [1.29, 1.82) is 0 Å². The third-order valence-electron chi connectivity index (χ3n) is 17.8. The van der Waals surface area contributed by atoms with Crippen LogP contribution in [0.2, 0.25) is 0 Å². The predicted molar refractivity (Wildman–Crippen MR) is 414 cm³/mol. The number of aryl methyl sites for hydroxylation is 1. The van der Waals surface area contributed by atoms with Gasteiger partial charge in [0.05, 0.1) is 71.3 Å². The summed E-state index contributed by atoms with van der Waals surface area (Å²) >= 11 is 0. The van der Waals surface area contributed by atoms with Gasteiger partial charge in [-0.3, -0.25) is 38.4 Å². The highest BCUT2D eigenvalue weighted by molar-refractivity contribution is 5.77. The van der Waals surface area contributed by atoms with Gasteiger partial charge in [0, 0.05) is 12.0 Å². The van der Waals surface area contributed by atoms with Crippen LogP contribution in [0.15, 0.2) is 84.9 Å². The molecule has 0 heterocycles. The topological polar surface area (TPSA) is 284 Å². The second kappa shape index (κ2) is 60.7. The fraction of sp³-hybridized carbons (Fsp3) is 0.690. The summed E-state index contributed by atoms with van der Waals surface area (Å²) in [5.41, 5.74) is 3.09. The van der Waals surface area contributed by atoms with Crippen molar-refractivity contribution in [2.45, 2.75) is 295 Å².